The van der Waals surface area contributed by atoms with Gasteiger partial charge in [-0.15, -0.1) is 0 Å². The lowest BCUT2D eigenvalue weighted by atomic mass is 9.89. The molecule has 1 N–H and O–H groups in total. The first-order valence-electron chi connectivity index (χ1n) is 6.95. The minimum absolute atomic E-state index is 0.161. The highest BCUT2D eigenvalue weighted by Gasteiger charge is 2.35. The first kappa shape index (κ1) is 12.6. The molecule has 0 radical (unpaired) electrons. The minimum atomic E-state index is -0.161. The fraction of sp³-hybridized carbons (Fsp3) is 0.600. The molecule has 2 aliphatic rings. The Kier molecular flexibility index (Phi) is 3.05. The molecule has 1 aromatic carbocycles. The van der Waals surface area contributed by atoms with Gasteiger partial charge in [-0.1, -0.05) is 6.92 Å². The third kappa shape index (κ3) is 2.37. The summed E-state index contributed by atoms with van der Waals surface area (Å²) in [6.07, 6.45) is 2.08. The van der Waals surface area contributed by atoms with E-state index in [2.05, 4.69) is 32.2 Å². The van der Waals surface area contributed by atoms with Crippen molar-refractivity contribution < 1.29 is 14.2 Å². The molecule has 0 amide bonds. The van der Waals surface area contributed by atoms with Crippen LogP contribution in [0.15, 0.2) is 12.1 Å². The second-order valence-electron chi connectivity index (χ2n) is 5.82. The lowest BCUT2D eigenvalue weighted by Gasteiger charge is -2.38. The number of benzene rings is 1. The smallest absolute Gasteiger partial charge is 0.231 e. The van der Waals surface area contributed by atoms with Gasteiger partial charge in [0.05, 0.1) is 0 Å². The van der Waals surface area contributed by atoms with Gasteiger partial charge in [-0.3, -0.25) is 0 Å². The van der Waals surface area contributed by atoms with Crippen molar-refractivity contribution in [1.29, 1.82) is 0 Å². The van der Waals surface area contributed by atoms with E-state index < -0.39 is 0 Å². The number of fused-ring (bicyclic) bond motifs is 2. The van der Waals surface area contributed by atoms with Gasteiger partial charge in [0.2, 0.25) is 6.79 Å². The lowest BCUT2D eigenvalue weighted by Crippen LogP contribution is -2.39. The molecule has 19 heavy (non-hydrogen) atoms. The molecule has 1 unspecified atom stereocenters. The molecule has 1 aromatic rings. The maximum atomic E-state index is 6.08. The summed E-state index contributed by atoms with van der Waals surface area (Å²) in [5.41, 5.74) is 1.02. The third-order valence-electron chi connectivity index (χ3n) is 3.60. The zero-order valence-corrected chi connectivity index (χ0v) is 11.8. The van der Waals surface area contributed by atoms with Crippen LogP contribution in [-0.2, 0) is 0 Å². The van der Waals surface area contributed by atoms with Gasteiger partial charge in [0, 0.05) is 24.1 Å². The van der Waals surface area contributed by atoms with Crippen LogP contribution in [0.1, 0.15) is 45.2 Å². The van der Waals surface area contributed by atoms with Crippen LogP contribution in [0.5, 0.6) is 17.2 Å². The van der Waals surface area contributed by atoms with Crippen LogP contribution in [0.25, 0.3) is 0 Å². The van der Waals surface area contributed by atoms with E-state index in [0.717, 1.165) is 36.6 Å². The van der Waals surface area contributed by atoms with Gasteiger partial charge < -0.3 is 19.5 Å². The predicted octanol–water partition coefficient (Wildman–Crippen LogP) is 3.02. The Morgan fingerprint density at radius 1 is 1.21 bits per heavy atom. The van der Waals surface area contributed by atoms with E-state index in [9.17, 15) is 0 Å². The van der Waals surface area contributed by atoms with E-state index in [1.165, 1.54) is 5.56 Å². The SMILES string of the molecule is CCCNC1CC(C)(C)Oc2cc3c(cc21)OCO3. The Balaban J connectivity index is 1.97. The van der Waals surface area contributed by atoms with Gasteiger partial charge in [0.15, 0.2) is 11.5 Å². The van der Waals surface area contributed by atoms with Gasteiger partial charge in [0.1, 0.15) is 11.4 Å². The summed E-state index contributed by atoms with van der Waals surface area (Å²) in [7, 11) is 0. The molecule has 0 spiro atoms. The van der Waals surface area contributed by atoms with E-state index in [4.69, 9.17) is 14.2 Å². The van der Waals surface area contributed by atoms with Gasteiger partial charge in [0.25, 0.3) is 0 Å². The van der Waals surface area contributed by atoms with Crippen molar-refractivity contribution in [2.24, 2.45) is 0 Å². The molecule has 0 aromatic heterocycles. The van der Waals surface area contributed by atoms with E-state index in [1.807, 2.05) is 6.07 Å². The molecule has 4 heteroatoms. The van der Waals surface area contributed by atoms with Crippen molar-refractivity contribution >= 4 is 0 Å². The number of hydrogen-bond donors (Lipinski definition) is 1. The van der Waals surface area contributed by atoms with Crippen molar-refractivity contribution in [3.8, 4) is 17.2 Å². The van der Waals surface area contributed by atoms with Crippen LogP contribution < -0.4 is 19.5 Å². The Morgan fingerprint density at radius 2 is 1.95 bits per heavy atom. The minimum Gasteiger partial charge on any atom is -0.487 e. The molecular formula is C15H21NO3. The summed E-state index contributed by atoms with van der Waals surface area (Å²) >= 11 is 0. The Labute approximate surface area is 114 Å². The predicted molar refractivity (Wildman–Crippen MR) is 72.9 cm³/mol. The number of hydrogen-bond acceptors (Lipinski definition) is 4. The Hall–Kier alpha value is -1.42. The third-order valence-corrected chi connectivity index (χ3v) is 3.60. The van der Waals surface area contributed by atoms with Crippen molar-refractivity contribution in [2.45, 2.75) is 45.3 Å². The van der Waals surface area contributed by atoms with Crippen LogP contribution >= 0.6 is 0 Å². The molecule has 3 rings (SSSR count). The summed E-state index contributed by atoms with van der Waals surface area (Å²) in [6, 6.07) is 4.33. The van der Waals surface area contributed by atoms with Gasteiger partial charge in [-0.25, -0.2) is 0 Å². The molecular weight excluding hydrogens is 242 g/mol. The summed E-state index contributed by atoms with van der Waals surface area (Å²) in [5.74, 6) is 2.52. The van der Waals surface area contributed by atoms with Crippen LogP contribution in [0.2, 0.25) is 0 Å². The normalized spacial score (nSPS) is 22.8. The highest BCUT2D eigenvalue weighted by molar-refractivity contribution is 5.53. The molecule has 0 saturated heterocycles. The molecule has 104 valence electrons. The van der Waals surface area contributed by atoms with E-state index >= 15 is 0 Å². The molecule has 0 aliphatic carbocycles. The first-order chi connectivity index (χ1) is 9.09. The van der Waals surface area contributed by atoms with Crippen LogP contribution in [0.4, 0.5) is 0 Å². The molecule has 2 heterocycles. The molecule has 0 fully saturated rings. The van der Waals surface area contributed by atoms with Crippen molar-refractivity contribution in [2.75, 3.05) is 13.3 Å². The maximum Gasteiger partial charge on any atom is 0.231 e. The summed E-state index contributed by atoms with van der Waals surface area (Å²) in [4.78, 5) is 0. The van der Waals surface area contributed by atoms with E-state index in [-0.39, 0.29) is 5.60 Å². The quantitative estimate of drug-likeness (QED) is 0.910. The van der Waals surface area contributed by atoms with E-state index in [1.54, 1.807) is 0 Å². The molecule has 1 atom stereocenters. The summed E-state index contributed by atoms with van der Waals surface area (Å²) in [6.45, 7) is 7.74. The summed E-state index contributed by atoms with van der Waals surface area (Å²) < 4.78 is 17.0. The number of nitrogens with one attached hydrogen (secondary N) is 1. The largest absolute Gasteiger partial charge is 0.487 e. The fourth-order valence-corrected chi connectivity index (χ4v) is 2.74. The Bertz CT molecular complexity index is 485. The Morgan fingerprint density at radius 3 is 2.68 bits per heavy atom. The van der Waals surface area contributed by atoms with Crippen LogP contribution in [-0.4, -0.2) is 18.9 Å². The second kappa shape index (κ2) is 4.60. The van der Waals surface area contributed by atoms with E-state index in [0.29, 0.717) is 12.8 Å². The fourth-order valence-electron chi connectivity index (χ4n) is 2.74. The van der Waals surface area contributed by atoms with Crippen molar-refractivity contribution in [3.63, 3.8) is 0 Å². The molecule has 4 nitrogen and oxygen atoms in total. The lowest BCUT2D eigenvalue weighted by molar-refractivity contribution is 0.0659. The van der Waals surface area contributed by atoms with Gasteiger partial charge >= 0.3 is 0 Å². The highest BCUT2D eigenvalue weighted by atomic mass is 16.7. The zero-order valence-electron chi connectivity index (χ0n) is 11.8. The van der Waals surface area contributed by atoms with Crippen molar-refractivity contribution in [3.05, 3.63) is 17.7 Å². The monoisotopic (exact) mass is 263 g/mol. The van der Waals surface area contributed by atoms with Gasteiger partial charge in [-0.05, 0) is 32.9 Å². The molecule has 0 bridgehead atoms. The van der Waals surface area contributed by atoms with Crippen LogP contribution in [0, 0.1) is 0 Å². The first-order valence-corrected chi connectivity index (χ1v) is 6.95. The maximum absolute atomic E-state index is 6.08. The average Bonchev–Trinajstić information content (AvgIpc) is 2.79. The zero-order chi connectivity index (χ0) is 13.5. The highest BCUT2D eigenvalue weighted by Crippen LogP contribution is 2.46. The number of rotatable bonds is 3. The summed E-state index contributed by atoms with van der Waals surface area (Å²) in [5, 5.41) is 3.60. The van der Waals surface area contributed by atoms with Crippen molar-refractivity contribution in [1.82, 2.24) is 5.32 Å². The van der Waals surface area contributed by atoms with Gasteiger partial charge in [-0.2, -0.15) is 0 Å². The topological polar surface area (TPSA) is 39.7 Å². The van der Waals surface area contributed by atoms with Crippen LogP contribution in [0.3, 0.4) is 0 Å². The standard InChI is InChI=1S/C15H21NO3/c1-4-5-16-11-8-15(2,3)19-12-7-14-13(6-10(11)12)17-9-18-14/h6-7,11,16H,4-5,8-9H2,1-3H3. The average molecular weight is 263 g/mol. The number of ether oxygens (including phenoxy) is 3. The second-order valence-corrected chi connectivity index (χ2v) is 5.82. The molecule has 2 aliphatic heterocycles. The molecule has 0 saturated carbocycles.